The number of carbonyl (C=O) groups is 2. The first-order chi connectivity index (χ1) is 15.6. The van der Waals surface area contributed by atoms with E-state index in [2.05, 4.69) is 16.8 Å². The second-order valence-corrected chi connectivity index (χ2v) is 7.51. The molecule has 1 fully saturated rings. The third-order valence-electron chi connectivity index (χ3n) is 5.09. The molecule has 0 aliphatic carbocycles. The summed E-state index contributed by atoms with van der Waals surface area (Å²) in [6.45, 7) is 0.749. The minimum atomic E-state index is -0.235. The SMILES string of the molecule is COc1ccc(C(=O)N2CCN(c3ccccc3Cl)C(=O)C2)cc1C#Cc1ccccn1. The monoisotopic (exact) mass is 445 g/mol. The van der Waals surface area contributed by atoms with Gasteiger partial charge in [-0.2, -0.15) is 0 Å². The van der Waals surface area contributed by atoms with Crippen molar-refractivity contribution in [2.24, 2.45) is 0 Å². The lowest BCUT2D eigenvalue weighted by Gasteiger charge is -2.34. The Kier molecular flexibility index (Phi) is 6.39. The van der Waals surface area contributed by atoms with Gasteiger partial charge in [0.15, 0.2) is 0 Å². The maximum absolute atomic E-state index is 13.1. The number of carbonyl (C=O) groups excluding carboxylic acids is 2. The van der Waals surface area contributed by atoms with Crippen LogP contribution in [0.15, 0.2) is 66.9 Å². The van der Waals surface area contributed by atoms with Gasteiger partial charge in [-0.3, -0.25) is 9.59 Å². The summed E-state index contributed by atoms with van der Waals surface area (Å²) in [5.41, 5.74) is 2.29. The maximum Gasteiger partial charge on any atom is 0.254 e. The molecule has 0 spiro atoms. The molecule has 1 aromatic heterocycles. The van der Waals surface area contributed by atoms with Crippen LogP contribution in [-0.4, -0.2) is 48.4 Å². The number of hydrogen-bond acceptors (Lipinski definition) is 4. The third kappa shape index (κ3) is 4.58. The standard InChI is InChI=1S/C25H20ClN3O3/c1-32-23-12-10-19(16-18(23)9-11-20-6-4-5-13-27-20)25(31)28-14-15-29(24(30)17-28)22-8-3-2-7-21(22)26/h2-8,10,12-13,16H,14-15,17H2,1H3. The van der Waals surface area contributed by atoms with Crippen molar-refractivity contribution in [3.8, 4) is 17.6 Å². The Morgan fingerprint density at radius 1 is 1.06 bits per heavy atom. The molecule has 4 rings (SSSR count). The predicted octanol–water partition coefficient (Wildman–Crippen LogP) is 3.63. The highest BCUT2D eigenvalue weighted by atomic mass is 35.5. The molecule has 6 nitrogen and oxygen atoms in total. The Balaban J connectivity index is 1.53. The van der Waals surface area contributed by atoms with Crippen molar-refractivity contribution >= 4 is 29.1 Å². The summed E-state index contributed by atoms with van der Waals surface area (Å²) in [7, 11) is 1.55. The van der Waals surface area contributed by atoms with E-state index >= 15 is 0 Å². The van der Waals surface area contributed by atoms with Gasteiger partial charge in [0.2, 0.25) is 5.91 Å². The number of hydrogen-bond donors (Lipinski definition) is 0. The lowest BCUT2D eigenvalue weighted by atomic mass is 10.1. The molecule has 2 heterocycles. The molecule has 1 aliphatic rings. The molecule has 0 bridgehead atoms. The number of aromatic nitrogens is 1. The fourth-order valence-electron chi connectivity index (χ4n) is 3.46. The Morgan fingerprint density at radius 2 is 1.88 bits per heavy atom. The summed E-state index contributed by atoms with van der Waals surface area (Å²) in [4.78, 5) is 33.2. The van der Waals surface area contributed by atoms with Gasteiger partial charge in [-0.05, 0) is 48.4 Å². The predicted molar refractivity (Wildman–Crippen MR) is 123 cm³/mol. The summed E-state index contributed by atoms with van der Waals surface area (Å²) in [5.74, 6) is 6.15. The normalized spacial score (nSPS) is 13.4. The molecule has 2 aromatic carbocycles. The molecular weight excluding hydrogens is 426 g/mol. The number of piperazine rings is 1. The summed E-state index contributed by atoms with van der Waals surface area (Å²) in [6.07, 6.45) is 1.67. The van der Waals surface area contributed by atoms with Crippen LogP contribution in [0.3, 0.4) is 0 Å². The number of halogens is 1. The number of rotatable bonds is 3. The maximum atomic E-state index is 13.1. The number of benzene rings is 2. The molecule has 0 unspecified atom stereocenters. The largest absolute Gasteiger partial charge is 0.495 e. The fraction of sp³-hybridized carbons (Fsp3) is 0.160. The van der Waals surface area contributed by atoms with Crippen LogP contribution in [0.1, 0.15) is 21.6 Å². The summed E-state index contributed by atoms with van der Waals surface area (Å²) < 4.78 is 5.38. The van der Waals surface area contributed by atoms with Crippen LogP contribution in [-0.2, 0) is 4.79 Å². The van der Waals surface area contributed by atoms with E-state index in [4.69, 9.17) is 16.3 Å². The van der Waals surface area contributed by atoms with Crippen LogP contribution < -0.4 is 9.64 Å². The van der Waals surface area contributed by atoms with E-state index in [0.29, 0.717) is 46.4 Å². The van der Waals surface area contributed by atoms with Gasteiger partial charge in [0.05, 0.1) is 23.4 Å². The van der Waals surface area contributed by atoms with Crippen LogP contribution >= 0.6 is 11.6 Å². The van der Waals surface area contributed by atoms with Gasteiger partial charge in [0, 0.05) is 24.8 Å². The first-order valence-corrected chi connectivity index (χ1v) is 10.4. The molecule has 32 heavy (non-hydrogen) atoms. The van der Waals surface area contributed by atoms with Crippen LogP contribution in [0, 0.1) is 11.8 Å². The Labute approximate surface area is 191 Å². The zero-order valence-electron chi connectivity index (χ0n) is 17.4. The van der Waals surface area contributed by atoms with Gasteiger partial charge < -0.3 is 14.5 Å². The van der Waals surface area contributed by atoms with Gasteiger partial charge in [-0.25, -0.2) is 4.98 Å². The van der Waals surface area contributed by atoms with Crippen LogP contribution in [0.5, 0.6) is 5.75 Å². The average molecular weight is 446 g/mol. The Bertz CT molecular complexity index is 1220. The molecular formula is C25H20ClN3O3. The van der Waals surface area contributed by atoms with Crippen LogP contribution in [0.25, 0.3) is 0 Å². The van der Waals surface area contributed by atoms with Crippen molar-refractivity contribution in [1.29, 1.82) is 0 Å². The number of amides is 2. The number of para-hydroxylation sites is 1. The zero-order chi connectivity index (χ0) is 22.5. The smallest absolute Gasteiger partial charge is 0.254 e. The average Bonchev–Trinajstić information content (AvgIpc) is 2.83. The Morgan fingerprint density at radius 3 is 2.59 bits per heavy atom. The molecule has 160 valence electrons. The van der Waals surface area contributed by atoms with Crippen molar-refractivity contribution < 1.29 is 14.3 Å². The van der Waals surface area contributed by atoms with Crippen molar-refractivity contribution in [2.75, 3.05) is 31.6 Å². The fourth-order valence-corrected chi connectivity index (χ4v) is 3.70. The lowest BCUT2D eigenvalue weighted by Crippen LogP contribution is -2.52. The Hall–Kier alpha value is -3.82. The lowest BCUT2D eigenvalue weighted by molar-refractivity contribution is -0.120. The number of nitrogens with zero attached hydrogens (tertiary/aromatic N) is 3. The topological polar surface area (TPSA) is 62.7 Å². The first kappa shape index (κ1) is 21.4. The molecule has 0 N–H and O–H groups in total. The highest BCUT2D eigenvalue weighted by Gasteiger charge is 2.29. The van der Waals surface area contributed by atoms with Crippen LogP contribution in [0.2, 0.25) is 5.02 Å². The summed E-state index contributed by atoms with van der Waals surface area (Å²) in [5, 5.41) is 0.506. The molecule has 0 radical (unpaired) electrons. The van der Waals surface area contributed by atoms with Gasteiger partial charge in [-0.1, -0.05) is 35.7 Å². The summed E-state index contributed by atoms with van der Waals surface area (Å²) >= 11 is 6.23. The number of pyridine rings is 1. The van der Waals surface area contributed by atoms with Crippen LogP contribution in [0.4, 0.5) is 5.69 Å². The van der Waals surface area contributed by atoms with E-state index in [0.717, 1.165) is 0 Å². The van der Waals surface area contributed by atoms with Gasteiger partial charge >= 0.3 is 0 Å². The number of ether oxygens (including phenoxy) is 1. The van der Waals surface area contributed by atoms with Crippen molar-refractivity contribution in [3.63, 3.8) is 0 Å². The summed E-state index contributed by atoms with van der Waals surface area (Å²) in [6, 6.07) is 17.7. The van der Waals surface area contributed by atoms with E-state index in [1.165, 1.54) is 4.90 Å². The van der Waals surface area contributed by atoms with E-state index in [-0.39, 0.29) is 18.4 Å². The zero-order valence-corrected chi connectivity index (χ0v) is 18.2. The van der Waals surface area contributed by atoms with E-state index < -0.39 is 0 Å². The molecule has 3 aromatic rings. The molecule has 2 amide bonds. The minimum Gasteiger partial charge on any atom is -0.495 e. The van der Waals surface area contributed by atoms with E-state index in [1.54, 1.807) is 54.6 Å². The molecule has 1 saturated heterocycles. The molecule has 0 atom stereocenters. The number of anilines is 1. The highest BCUT2D eigenvalue weighted by molar-refractivity contribution is 6.33. The highest BCUT2D eigenvalue weighted by Crippen LogP contribution is 2.27. The van der Waals surface area contributed by atoms with Gasteiger partial charge in [0.1, 0.15) is 18.0 Å². The van der Waals surface area contributed by atoms with Crippen molar-refractivity contribution in [3.05, 3.63) is 88.7 Å². The van der Waals surface area contributed by atoms with Crippen molar-refractivity contribution in [1.82, 2.24) is 9.88 Å². The van der Waals surface area contributed by atoms with E-state index in [9.17, 15) is 9.59 Å². The second-order valence-electron chi connectivity index (χ2n) is 7.10. The second kappa shape index (κ2) is 9.54. The van der Waals surface area contributed by atoms with E-state index in [1.807, 2.05) is 24.3 Å². The quantitative estimate of drug-likeness (QED) is 0.577. The first-order valence-electron chi connectivity index (χ1n) is 10.0. The number of methoxy groups -OCH3 is 1. The van der Waals surface area contributed by atoms with Gasteiger partial charge in [-0.15, -0.1) is 0 Å². The van der Waals surface area contributed by atoms with Gasteiger partial charge in [0.25, 0.3) is 5.91 Å². The van der Waals surface area contributed by atoms with Crippen molar-refractivity contribution in [2.45, 2.75) is 0 Å². The molecule has 1 aliphatic heterocycles. The third-order valence-corrected chi connectivity index (χ3v) is 5.41. The molecule has 7 heteroatoms. The minimum absolute atomic E-state index is 0.0228. The molecule has 0 saturated carbocycles.